The zero-order valence-corrected chi connectivity index (χ0v) is 12.9. The average Bonchev–Trinajstić information content (AvgIpc) is 2.72. The van der Waals surface area contributed by atoms with Gasteiger partial charge in [-0.1, -0.05) is 6.07 Å². The number of carbonyl (C=O) groups excluding carboxylic acids is 1. The second-order valence-electron chi connectivity index (χ2n) is 6.22. The third kappa shape index (κ3) is 2.40. The summed E-state index contributed by atoms with van der Waals surface area (Å²) in [5, 5.41) is 9.91. The number of carbonyl (C=O) groups is 1. The Morgan fingerprint density at radius 1 is 1.24 bits per heavy atom. The molecule has 0 saturated carbocycles. The largest absolute Gasteiger partial charge is 0.378 e. The van der Waals surface area contributed by atoms with Crippen molar-refractivity contribution in [3.63, 3.8) is 0 Å². The molecule has 3 rings (SSSR count). The molecule has 1 atom stereocenters. The van der Waals surface area contributed by atoms with Crippen LogP contribution in [0.3, 0.4) is 0 Å². The number of likely N-dealkylation sites (N-methyl/N-ethyl adjacent to an activating group) is 1. The van der Waals surface area contributed by atoms with Gasteiger partial charge in [-0.2, -0.15) is 0 Å². The summed E-state index contributed by atoms with van der Waals surface area (Å²) in [6.07, 6.45) is 1.31. The molecule has 1 N–H and O–H groups in total. The first-order valence-electron chi connectivity index (χ1n) is 7.50. The van der Waals surface area contributed by atoms with Gasteiger partial charge in [0.15, 0.2) is 6.10 Å². The van der Waals surface area contributed by atoms with E-state index in [4.69, 9.17) is 0 Å². The lowest BCUT2D eigenvalue weighted by Crippen LogP contribution is -2.42. The highest BCUT2D eigenvalue weighted by Gasteiger charge is 2.34. The Labute approximate surface area is 125 Å². The highest BCUT2D eigenvalue weighted by molar-refractivity contribution is 6.03. The molecule has 114 valence electrons. The molecule has 0 aliphatic carbocycles. The number of aliphatic hydroxyl groups excluding tert-OH is 1. The molecule has 0 bridgehead atoms. The molecule has 1 aromatic rings. The predicted molar refractivity (Wildman–Crippen MR) is 83.7 cm³/mol. The number of fused-ring (bicyclic) bond motifs is 1. The van der Waals surface area contributed by atoms with E-state index in [-0.39, 0.29) is 5.91 Å². The van der Waals surface area contributed by atoms with Gasteiger partial charge in [0.25, 0.3) is 5.91 Å². The Balaban J connectivity index is 1.79. The van der Waals surface area contributed by atoms with E-state index in [1.807, 2.05) is 18.2 Å². The van der Waals surface area contributed by atoms with Crippen molar-refractivity contribution < 1.29 is 9.90 Å². The summed E-state index contributed by atoms with van der Waals surface area (Å²) in [5.74, 6) is -0.242. The Kier molecular flexibility index (Phi) is 3.63. The lowest BCUT2D eigenvalue weighted by molar-refractivity contribution is -0.125. The summed E-state index contributed by atoms with van der Waals surface area (Å²) in [6, 6.07) is 6.58. The minimum absolute atomic E-state index is 0.242. The first kappa shape index (κ1) is 14.4. The van der Waals surface area contributed by atoms with Gasteiger partial charge in [-0.15, -0.1) is 0 Å². The van der Waals surface area contributed by atoms with Gasteiger partial charge in [-0.3, -0.25) is 4.79 Å². The molecule has 5 nitrogen and oxygen atoms in total. The maximum Gasteiger partial charge on any atom is 0.260 e. The summed E-state index contributed by atoms with van der Waals surface area (Å²) in [5.41, 5.74) is 2.69. The average molecular weight is 289 g/mol. The predicted octanol–water partition coefficient (Wildman–Crippen LogP) is 1.23. The monoisotopic (exact) mass is 289 g/mol. The zero-order valence-electron chi connectivity index (χ0n) is 12.9. The molecule has 1 aromatic carbocycles. The number of aliphatic hydroxyl groups is 1. The number of amides is 1. The number of benzene rings is 1. The molecule has 1 fully saturated rings. The normalized spacial score (nSPS) is 23.1. The number of piperidine rings is 1. The van der Waals surface area contributed by atoms with Gasteiger partial charge in [0, 0.05) is 37.4 Å². The highest BCUT2D eigenvalue weighted by Crippen LogP contribution is 2.37. The van der Waals surface area contributed by atoms with E-state index in [1.54, 1.807) is 11.9 Å². The summed E-state index contributed by atoms with van der Waals surface area (Å²) in [6.45, 7) is 2.06. The second-order valence-corrected chi connectivity index (χ2v) is 6.22. The second kappa shape index (κ2) is 5.31. The number of hydrogen-bond acceptors (Lipinski definition) is 4. The number of anilines is 2. The molecular formula is C16H23N3O2. The van der Waals surface area contributed by atoms with E-state index in [2.05, 4.69) is 23.9 Å². The van der Waals surface area contributed by atoms with Crippen molar-refractivity contribution in [3.05, 3.63) is 23.8 Å². The van der Waals surface area contributed by atoms with Crippen LogP contribution in [0.25, 0.3) is 0 Å². The van der Waals surface area contributed by atoms with E-state index in [0.29, 0.717) is 6.04 Å². The van der Waals surface area contributed by atoms with Crippen LogP contribution in [0.4, 0.5) is 11.4 Å². The van der Waals surface area contributed by atoms with Gasteiger partial charge in [0.1, 0.15) is 0 Å². The van der Waals surface area contributed by atoms with Crippen LogP contribution >= 0.6 is 0 Å². The Bertz CT molecular complexity index is 550. The standard InChI is InChI=1S/C16H23N3O2/c1-17(2)11-6-8-19(9-7-11)12-4-5-13-14(10-12)18(3)16(21)15(13)20/h4-5,10-11,15,20H,6-9H2,1-3H3. The zero-order chi connectivity index (χ0) is 15.1. The fourth-order valence-electron chi connectivity index (χ4n) is 3.33. The number of rotatable bonds is 2. The van der Waals surface area contributed by atoms with Crippen molar-refractivity contribution in [2.24, 2.45) is 0 Å². The molecule has 21 heavy (non-hydrogen) atoms. The lowest BCUT2D eigenvalue weighted by Gasteiger charge is -2.36. The Morgan fingerprint density at radius 3 is 2.52 bits per heavy atom. The van der Waals surface area contributed by atoms with Crippen LogP contribution in [-0.4, -0.2) is 56.2 Å². The first-order chi connectivity index (χ1) is 9.99. The van der Waals surface area contributed by atoms with Crippen LogP contribution in [-0.2, 0) is 4.79 Å². The molecule has 0 aromatic heterocycles. The van der Waals surface area contributed by atoms with Gasteiger partial charge in [-0.05, 0) is 39.1 Å². The van der Waals surface area contributed by atoms with Crippen LogP contribution in [0.1, 0.15) is 24.5 Å². The van der Waals surface area contributed by atoms with Crippen LogP contribution in [0.2, 0.25) is 0 Å². The van der Waals surface area contributed by atoms with Crippen LogP contribution < -0.4 is 9.80 Å². The van der Waals surface area contributed by atoms with Crippen LogP contribution in [0, 0.1) is 0 Å². The summed E-state index contributed by atoms with van der Waals surface area (Å²) in [7, 11) is 5.99. The Morgan fingerprint density at radius 2 is 1.90 bits per heavy atom. The molecule has 5 heteroatoms. The third-order valence-corrected chi connectivity index (χ3v) is 4.79. The smallest absolute Gasteiger partial charge is 0.260 e. The van der Waals surface area contributed by atoms with Crippen molar-refractivity contribution in [2.45, 2.75) is 25.0 Å². The quantitative estimate of drug-likeness (QED) is 0.889. The van der Waals surface area contributed by atoms with E-state index in [9.17, 15) is 9.90 Å². The van der Waals surface area contributed by atoms with Gasteiger partial charge < -0.3 is 19.8 Å². The molecule has 1 saturated heterocycles. The topological polar surface area (TPSA) is 47.0 Å². The van der Waals surface area contributed by atoms with E-state index in [1.165, 1.54) is 0 Å². The van der Waals surface area contributed by atoms with Crippen LogP contribution in [0.5, 0.6) is 0 Å². The van der Waals surface area contributed by atoms with Gasteiger partial charge in [-0.25, -0.2) is 0 Å². The Hall–Kier alpha value is -1.59. The molecule has 1 amide bonds. The number of hydrogen-bond donors (Lipinski definition) is 1. The molecule has 1 unspecified atom stereocenters. The maximum atomic E-state index is 11.8. The third-order valence-electron chi connectivity index (χ3n) is 4.79. The first-order valence-corrected chi connectivity index (χ1v) is 7.50. The highest BCUT2D eigenvalue weighted by atomic mass is 16.3. The lowest BCUT2D eigenvalue weighted by atomic mass is 10.0. The minimum atomic E-state index is -1.00. The van der Waals surface area contributed by atoms with Gasteiger partial charge >= 0.3 is 0 Å². The molecule has 2 heterocycles. The van der Waals surface area contributed by atoms with E-state index < -0.39 is 6.10 Å². The SMILES string of the molecule is CN1C(=O)C(O)c2ccc(N3CCC(N(C)C)CC3)cc21. The summed E-state index contributed by atoms with van der Waals surface area (Å²) >= 11 is 0. The van der Waals surface area contributed by atoms with Crippen LogP contribution in [0.15, 0.2) is 18.2 Å². The van der Waals surface area contributed by atoms with Crippen molar-refractivity contribution >= 4 is 17.3 Å². The number of nitrogens with zero attached hydrogens (tertiary/aromatic N) is 3. The maximum absolute atomic E-state index is 11.8. The summed E-state index contributed by atoms with van der Waals surface area (Å²) in [4.78, 5) is 18.0. The van der Waals surface area contributed by atoms with Crippen molar-refractivity contribution in [1.82, 2.24) is 4.90 Å². The summed E-state index contributed by atoms with van der Waals surface area (Å²) < 4.78 is 0. The van der Waals surface area contributed by atoms with Gasteiger partial charge in [0.2, 0.25) is 0 Å². The fourth-order valence-corrected chi connectivity index (χ4v) is 3.33. The molecule has 0 radical (unpaired) electrons. The molecule has 2 aliphatic heterocycles. The fraction of sp³-hybridized carbons (Fsp3) is 0.562. The van der Waals surface area contributed by atoms with Crippen molar-refractivity contribution in [1.29, 1.82) is 0 Å². The van der Waals surface area contributed by atoms with Gasteiger partial charge in [0.05, 0.1) is 5.69 Å². The molecular weight excluding hydrogens is 266 g/mol. The molecule has 0 spiro atoms. The minimum Gasteiger partial charge on any atom is -0.378 e. The van der Waals surface area contributed by atoms with Crippen molar-refractivity contribution in [2.75, 3.05) is 44.0 Å². The molecule has 2 aliphatic rings. The van der Waals surface area contributed by atoms with E-state index in [0.717, 1.165) is 42.9 Å². The van der Waals surface area contributed by atoms with E-state index >= 15 is 0 Å². The van der Waals surface area contributed by atoms with Crippen molar-refractivity contribution in [3.8, 4) is 0 Å².